The van der Waals surface area contributed by atoms with E-state index in [1.165, 1.54) is 0 Å². The van der Waals surface area contributed by atoms with Crippen LogP contribution in [0.3, 0.4) is 0 Å². The number of rotatable bonds is 5. The number of carbonyl (C=O) groups excluding carboxylic acids is 3. The first-order chi connectivity index (χ1) is 13.3. The summed E-state index contributed by atoms with van der Waals surface area (Å²) in [5.41, 5.74) is 4.59. The van der Waals surface area contributed by atoms with Crippen LogP contribution in [-0.2, 0) is 19.1 Å². The van der Waals surface area contributed by atoms with Gasteiger partial charge in [0.25, 0.3) is 5.91 Å². The number of nitrogens with one attached hydrogen (secondary N) is 1. The number of hydrogen-bond donors (Lipinski definition) is 1. The molecule has 0 aliphatic carbocycles. The first-order valence-electron chi connectivity index (χ1n) is 9.24. The van der Waals surface area contributed by atoms with Gasteiger partial charge < -0.3 is 15.0 Å². The summed E-state index contributed by atoms with van der Waals surface area (Å²) in [5, 5.41) is 2.74. The van der Waals surface area contributed by atoms with Crippen molar-refractivity contribution >= 4 is 29.2 Å². The third kappa shape index (κ3) is 4.57. The fraction of sp³-hybridized carbons (Fsp3) is 0.318. The standard InChI is InChI=1S/C22H24N2O4/c1-14-4-7-18(8-5-14)24-12-17(11-21(24)26)22(27)28-13-20(25)23-19-9-6-15(2)10-16(19)3/h4-10,17H,11-13H2,1-3H3,(H,23,25)/t17-/m1/s1. The Morgan fingerprint density at radius 1 is 1.07 bits per heavy atom. The molecule has 0 saturated carbocycles. The zero-order valence-corrected chi connectivity index (χ0v) is 16.3. The average molecular weight is 380 g/mol. The van der Waals surface area contributed by atoms with Crippen LogP contribution in [-0.4, -0.2) is 30.9 Å². The molecule has 1 fully saturated rings. The average Bonchev–Trinajstić information content (AvgIpc) is 3.04. The highest BCUT2D eigenvalue weighted by Crippen LogP contribution is 2.26. The highest BCUT2D eigenvalue weighted by molar-refractivity contribution is 6.00. The zero-order valence-electron chi connectivity index (χ0n) is 16.3. The summed E-state index contributed by atoms with van der Waals surface area (Å²) in [7, 11) is 0. The predicted octanol–water partition coefficient (Wildman–Crippen LogP) is 3.15. The lowest BCUT2D eigenvalue weighted by Crippen LogP contribution is -2.28. The van der Waals surface area contributed by atoms with Crippen LogP contribution in [0.4, 0.5) is 11.4 Å². The van der Waals surface area contributed by atoms with Crippen molar-refractivity contribution in [2.45, 2.75) is 27.2 Å². The van der Waals surface area contributed by atoms with E-state index in [1.54, 1.807) is 4.90 Å². The summed E-state index contributed by atoms with van der Waals surface area (Å²) in [6, 6.07) is 13.2. The molecule has 28 heavy (non-hydrogen) atoms. The van der Waals surface area contributed by atoms with Gasteiger partial charge in [-0.1, -0.05) is 35.4 Å². The van der Waals surface area contributed by atoms with Gasteiger partial charge >= 0.3 is 5.97 Å². The summed E-state index contributed by atoms with van der Waals surface area (Å²) in [6.45, 7) is 5.74. The Hall–Kier alpha value is -3.15. The van der Waals surface area contributed by atoms with E-state index in [-0.39, 0.29) is 25.5 Å². The second-order valence-electron chi connectivity index (χ2n) is 7.22. The lowest BCUT2D eigenvalue weighted by atomic mass is 10.1. The van der Waals surface area contributed by atoms with Gasteiger partial charge in [-0.2, -0.15) is 0 Å². The van der Waals surface area contributed by atoms with Gasteiger partial charge in [0, 0.05) is 24.3 Å². The Kier molecular flexibility index (Phi) is 5.78. The number of nitrogens with zero attached hydrogens (tertiary/aromatic N) is 1. The molecule has 1 saturated heterocycles. The van der Waals surface area contributed by atoms with E-state index in [0.29, 0.717) is 5.69 Å². The minimum atomic E-state index is -0.567. The molecule has 6 heteroatoms. The van der Waals surface area contributed by atoms with Gasteiger partial charge in [0.05, 0.1) is 5.92 Å². The van der Waals surface area contributed by atoms with Gasteiger partial charge in [-0.05, 0) is 44.5 Å². The number of aryl methyl sites for hydroxylation is 3. The Morgan fingerprint density at radius 3 is 2.43 bits per heavy atom. The maximum Gasteiger partial charge on any atom is 0.311 e. The van der Waals surface area contributed by atoms with Crippen molar-refractivity contribution in [2.24, 2.45) is 5.92 Å². The summed E-state index contributed by atoms with van der Waals surface area (Å²) in [6.07, 6.45) is 0.0887. The molecule has 0 bridgehead atoms. The van der Waals surface area contributed by atoms with Crippen molar-refractivity contribution in [3.8, 4) is 0 Å². The Bertz CT molecular complexity index is 905. The molecule has 1 heterocycles. The van der Waals surface area contributed by atoms with Crippen molar-refractivity contribution in [1.82, 2.24) is 0 Å². The highest BCUT2D eigenvalue weighted by atomic mass is 16.5. The molecule has 0 spiro atoms. The lowest BCUT2D eigenvalue weighted by Gasteiger charge is -2.16. The quantitative estimate of drug-likeness (QED) is 0.809. The number of benzene rings is 2. The van der Waals surface area contributed by atoms with Crippen LogP contribution in [0, 0.1) is 26.7 Å². The third-order valence-electron chi connectivity index (χ3n) is 4.81. The lowest BCUT2D eigenvalue weighted by molar-refractivity contribution is -0.151. The fourth-order valence-electron chi connectivity index (χ4n) is 3.23. The van der Waals surface area contributed by atoms with Gasteiger partial charge in [0.15, 0.2) is 6.61 Å². The van der Waals surface area contributed by atoms with E-state index in [1.807, 2.05) is 63.2 Å². The molecule has 2 aromatic carbocycles. The largest absolute Gasteiger partial charge is 0.455 e. The van der Waals surface area contributed by atoms with Crippen LogP contribution in [0.5, 0.6) is 0 Å². The number of ether oxygens (including phenoxy) is 1. The van der Waals surface area contributed by atoms with Gasteiger partial charge in [0.2, 0.25) is 5.91 Å². The van der Waals surface area contributed by atoms with Crippen LogP contribution in [0.15, 0.2) is 42.5 Å². The van der Waals surface area contributed by atoms with E-state index < -0.39 is 17.8 Å². The second-order valence-corrected chi connectivity index (χ2v) is 7.22. The maximum absolute atomic E-state index is 12.3. The van der Waals surface area contributed by atoms with Crippen molar-refractivity contribution in [1.29, 1.82) is 0 Å². The van der Waals surface area contributed by atoms with Crippen LogP contribution >= 0.6 is 0 Å². The van der Waals surface area contributed by atoms with E-state index >= 15 is 0 Å². The molecular weight excluding hydrogens is 356 g/mol. The minimum absolute atomic E-state index is 0.0887. The number of amides is 2. The smallest absolute Gasteiger partial charge is 0.311 e. The zero-order chi connectivity index (χ0) is 20.3. The van der Waals surface area contributed by atoms with Crippen LogP contribution in [0.25, 0.3) is 0 Å². The van der Waals surface area contributed by atoms with Crippen molar-refractivity contribution < 1.29 is 19.1 Å². The minimum Gasteiger partial charge on any atom is -0.455 e. The monoisotopic (exact) mass is 380 g/mol. The number of carbonyl (C=O) groups is 3. The molecule has 0 unspecified atom stereocenters. The Balaban J connectivity index is 1.53. The molecule has 2 amide bonds. The molecule has 1 aliphatic rings. The normalized spacial score (nSPS) is 16.2. The maximum atomic E-state index is 12.3. The number of esters is 1. The second kappa shape index (κ2) is 8.25. The Morgan fingerprint density at radius 2 is 1.75 bits per heavy atom. The van der Waals surface area contributed by atoms with Crippen molar-refractivity contribution in [3.05, 3.63) is 59.2 Å². The third-order valence-corrected chi connectivity index (χ3v) is 4.81. The van der Waals surface area contributed by atoms with E-state index in [9.17, 15) is 14.4 Å². The number of anilines is 2. The predicted molar refractivity (Wildman–Crippen MR) is 107 cm³/mol. The summed E-state index contributed by atoms with van der Waals surface area (Å²) in [4.78, 5) is 38.2. The SMILES string of the molecule is Cc1ccc(N2C[C@H](C(=O)OCC(=O)Nc3ccc(C)cc3C)CC2=O)cc1. The molecule has 0 aromatic heterocycles. The highest BCUT2D eigenvalue weighted by Gasteiger charge is 2.36. The van der Waals surface area contributed by atoms with E-state index in [2.05, 4.69) is 5.32 Å². The fourth-order valence-corrected chi connectivity index (χ4v) is 3.23. The molecule has 6 nitrogen and oxygen atoms in total. The number of hydrogen-bond acceptors (Lipinski definition) is 4. The van der Waals surface area contributed by atoms with Gasteiger partial charge in [-0.15, -0.1) is 0 Å². The van der Waals surface area contributed by atoms with Gasteiger partial charge in [-0.25, -0.2) is 0 Å². The summed E-state index contributed by atoms with van der Waals surface area (Å²) >= 11 is 0. The van der Waals surface area contributed by atoms with E-state index in [4.69, 9.17) is 4.74 Å². The first kappa shape index (κ1) is 19.6. The van der Waals surface area contributed by atoms with Crippen LogP contribution < -0.4 is 10.2 Å². The molecule has 146 valence electrons. The molecule has 3 rings (SSSR count). The summed E-state index contributed by atoms with van der Waals surface area (Å²) in [5.74, 6) is -1.62. The van der Waals surface area contributed by atoms with Gasteiger partial charge in [0.1, 0.15) is 0 Å². The summed E-state index contributed by atoms with van der Waals surface area (Å²) < 4.78 is 5.15. The molecule has 2 aromatic rings. The van der Waals surface area contributed by atoms with Gasteiger partial charge in [-0.3, -0.25) is 14.4 Å². The topological polar surface area (TPSA) is 75.7 Å². The van der Waals surface area contributed by atoms with Crippen LogP contribution in [0.2, 0.25) is 0 Å². The first-order valence-corrected chi connectivity index (χ1v) is 9.24. The molecule has 0 radical (unpaired) electrons. The molecule has 1 atom stereocenters. The van der Waals surface area contributed by atoms with Crippen LogP contribution in [0.1, 0.15) is 23.1 Å². The molecule has 1 aliphatic heterocycles. The molecule has 1 N–H and O–H groups in total. The van der Waals surface area contributed by atoms with Crippen molar-refractivity contribution in [2.75, 3.05) is 23.4 Å². The van der Waals surface area contributed by atoms with E-state index in [0.717, 1.165) is 22.4 Å². The molecular formula is C22H24N2O4. The Labute approximate surface area is 164 Å². The van der Waals surface area contributed by atoms with Crippen molar-refractivity contribution in [3.63, 3.8) is 0 Å².